The second-order valence-corrected chi connectivity index (χ2v) is 9.75. The van der Waals surface area contributed by atoms with Crippen molar-refractivity contribution in [2.75, 3.05) is 26.2 Å². The number of carbonyl (C=O) groups excluding carboxylic acids is 2. The molecular formula is C27H36N4O2. The van der Waals surface area contributed by atoms with E-state index in [0.29, 0.717) is 13.0 Å². The first-order valence-corrected chi connectivity index (χ1v) is 12.3. The number of aromatic nitrogens is 2. The fourth-order valence-corrected chi connectivity index (χ4v) is 5.09. The molecule has 2 amide bonds. The van der Waals surface area contributed by atoms with Gasteiger partial charge in [0, 0.05) is 49.0 Å². The molecule has 2 fully saturated rings. The van der Waals surface area contributed by atoms with Crippen LogP contribution in [0.25, 0.3) is 0 Å². The fraction of sp³-hybridized carbons (Fsp3) is 0.556. The standard InChI is InChI=1S/C27H36N4O2/c1-18-9-11-22(12-10-18)19(2)27(33)31-15-7-8-23(17-31)26-28-20(3)24(21(4)29-26)16-25(32)30-13-5-6-14-30/h9-12,19,23H,5-8,13-17H2,1-4H3/t19-,23+/m0/s1. The van der Waals surface area contributed by atoms with E-state index in [-0.39, 0.29) is 23.7 Å². The summed E-state index contributed by atoms with van der Waals surface area (Å²) in [6.45, 7) is 11.2. The van der Waals surface area contributed by atoms with Gasteiger partial charge in [0.05, 0.1) is 12.3 Å². The fourth-order valence-electron chi connectivity index (χ4n) is 5.09. The molecule has 176 valence electrons. The van der Waals surface area contributed by atoms with Crippen molar-refractivity contribution >= 4 is 11.8 Å². The molecule has 2 saturated heterocycles. The summed E-state index contributed by atoms with van der Waals surface area (Å²) < 4.78 is 0. The van der Waals surface area contributed by atoms with Crippen molar-refractivity contribution in [1.82, 2.24) is 19.8 Å². The maximum Gasteiger partial charge on any atom is 0.229 e. The van der Waals surface area contributed by atoms with E-state index in [2.05, 4.69) is 31.2 Å². The van der Waals surface area contributed by atoms with Crippen molar-refractivity contribution in [2.45, 2.75) is 71.6 Å². The molecule has 2 aliphatic rings. The molecule has 1 aromatic heterocycles. The highest BCUT2D eigenvalue weighted by Crippen LogP contribution is 2.29. The van der Waals surface area contributed by atoms with Crippen LogP contribution in [0.1, 0.15) is 78.3 Å². The van der Waals surface area contributed by atoms with E-state index in [0.717, 1.165) is 73.7 Å². The SMILES string of the molecule is Cc1ccc([C@H](C)C(=O)N2CCC[C@@H](c3nc(C)c(CC(=O)N4CCCC4)c(C)n3)C2)cc1. The van der Waals surface area contributed by atoms with Gasteiger partial charge in [0.15, 0.2) is 0 Å². The Morgan fingerprint density at radius 3 is 2.18 bits per heavy atom. The molecule has 0 N–H and O–H groups in total. The molecule has 0 aliphatic carbocycles. The van der Waals surface area contributed by atoms with Gasteiger partial charge >= 0.3 is 0 Å². The van der Waals surface area contributed by atoms with Gasteiger partial charge in [0.2, 0.25) is 11.8 Å². The summed E-state index contributed by atoms with van der Waals surface area (Å²) in [6, 6.07) is 8.23. The zero-order chi connectivity index (χ0) is 23.5. The highest BCUT2D eigenvalue weighted by atomic mass is 16.2. The lowest BCUT2D eigenvalue weighted by atomic mass is 9.93. The molecule has 2 aromatic rings. The molecule has 0 unspecified atom stereocenters. The van der Waals surface area contributed by atoms with E-state index in [9.17, 15) is 9.59 Å². The first-order valence-electron chi connectivity index (χ1n) is 12.3. The predicted molar refractivity (Wildman–Crippen MR) is 129 cm³/mol. The van der Waals surface area contributed by atoms with Crippen molar-refractivity contribution in [2.24, 2.45) is 0 Å². The van der Waals surface area contributed by atoms with Gasteiger partial charge in [-0.15, -0.1) is 0 Å². The van der Waals surface area contributed by atoms with Crippen LogP contribution in [0.5, 0.6) is 0 Å². The number of aryl methyl sites for hydroxylation is 3. The van der Waals surface area contributed by atoms with Crippen molar-refractivity contribution in [3.8, 4) is 0 Å². The van der Waals surface area contributed by atoms with Crippen molar-refractivity contribution < 1.29 is 9.59 Å². The van der Waals surface area contributed by atoms with Crippen molar-refractivity contribution in [1.29, 1.82) is 0 Å². The minimum Gasteiger partial charge on any atom is -0.342 e. The highest BCUT2D eigenvalue weighted by molar-refractivity contribution is 5.83. The number of carbonyl (C=O) groups is 2. The third-order valence-electron chi connectivity index (χ3n) is 7.27. The molecule has 6 heteroatoms. The average Bonchev–Trinajstić information content (AvgIpc) is 3.36. The lowest BCUT2D eigenvalue weighted by molar-refractivity contribution is -0.133. The van der Waals surface area contributed by atoms with Crippen LogP contribution in [0.2, 0.25) is 0 Å². The molecule has 33 heavy (non-hydrogen) atoms. The van der Waals surface area contributed by atoms with E-state index in [1.54, 1.807) is 0 Å². The van der Waals surface area contributed by atoms with Gasteiger partial charge < -0.3 is 9.80 Å². The van der Waals surface area contributed by atoms with Crippen LogP contribution in [-0.2, 0) is 16.0 Å². The number of nitrogens with zero attached hydrogens (tertiary/aromatic N) is 4. The topological polar surface area (TPSA) is 66.4 Å². The zero-order valence-electron chi connectivity index (χ0n) is 20.4. The molecule has 2 aliphatic heterocycles. The smallest absolute Gasteiger partial charge is 0.229 e. The number of rotatable bonds is 5. The van der Waals surface area contributed by atoms with Gasteiger partial charge in [-0.1, -0.05) is 29.8 Å². The Morgan fingerprint density at radius 1 is 0.939 bits per heavy atom. The molecule has 2 atom stereocenters. The normalized spacial score (nSPS) is 19.6. The van der Waals surface area contributed by atoms with Crippen LogP contribution in [0, 0.1) is 20.8 Å². The first-order chi connectivity index (χ1) is 15.8. The van der Waals surface area contributed by atoms with Crippen molar-refractivity contribution in [3.63, 3.8) is 0 Å². The summed E-state index contributed by atoms with van der Waals surface area (Å²) in [5.74, 6) is 1.13. The van der Waals surface area contributed by atoms with E-state index >= 15 is 0 Å². The Labute approximate surface area is 197 Å². The molecule has 4 rings (SSSR count). The molecule has 1 aromatic carbocycles. The number of amides is 2. The summed E-state index contributed by atoms with van der Waals surface area (Å²) in [7, 11) is 0. The van der Waals surface area contributed by atoms with Gasteiger partial charge in [0.1, 0.15) is 5.82 Å². The van der Waals surface area contributed by atoms with Crippen LogP contribution in [0.15, 0.2) is 24.3 Å². The Balaban J connectivity index is 1.45. The zero-order valence-corrected chi connectivity index (χ0v) is 20.4. The molecule has 0 spiro atoms. The average molecular weight is 449 g/mol. The lowest BCUT2D eigenvalue weighted by Gasteiger charge is -2.34. The Bertz CT molecular complexity index is 988. The molecular weight excluding hydrogens is 412 g/mol. The number of piperidine rings is 1. The van der Waals surface area contributed by atoms with E-state index in [4.69, 9.17) is 9.97 Å². The monoisotopic (exact) mass is 448 g/mol. The van der Waals surface area contributed by atoms with Gasteiger partial charge in [0.25, 0.3) is 0 Å². The molecule has 6 nitrogen and oxygen atoms in total. The molecule has 0 saturated carbocycles. The Kier molecular flexibility index (Phi) is 7.11. The maximum atomic E-state index is 13.2. The van der Waals surface area contributed by atoms with E-state index in [1.807, 2.05) is 30.6 Å². The second kappa shape index (κ2) is 10.0. The third-order valence-corrected chi connectivity index (χ3v) is 7.27. The van der Waals surface area contributed by atoms with Gasteiger partial charge in [-0.05, 0) is 58.9 Å². The number of benzene rings is 1. The largest absolute Gasteiger partial charge is 0.342 e. The van der Waals surface area contributed by atoms with Crippen LogP contribution >= 0.6 is 0 Å². The summed E-state index contributed by atoms with van der Waals surface area (Å²) >= 11 is 0. The van der Waals surface area contributed by atoms with Crippen LogP contribution in [0.4, 0.5) is 0 Å². The van der Waals surface area contributed by atoms with Gasteiger partial charge in [-0.3, -0.25) is 9.59 Å². The summed E-state index contributed by atoms with van der Waals surface area (Å²) in [4.78, 5) is 39.5. The van der Waals surface area contributed by atoms with E-state index in [1.165, 1.54) is 5.56 Å². The summed E-state index contributed by atoms with van der Waals surface area (Å²) in [6.07, 6.45) is 4.50. The predicted octanol–water partition coefficient (Wildman–Crippen LogP) is 4.08. The second-order valence-electron chi connectivity index (χ2n) is 9.75. The quantitative estimate of drug-likeness (QED) is 0.691. The minimum atomic E-state index is -0.160. The van der Waals surface area contributed by atoms with E-state index < -0.39 is 0 Å². The number of hydrogen-bond acceptors (Lipinski definition) is 4. The summed E-state index contributed by atoms with van der Waals surface area (Å²) in [5.41, 5.74) is 4.99. The lowest BCUT2D eigenvalue weighted by Crippen LogP contribution is -2.41. The number of likely N-dealkylation sites (tertiary alicyclic amines) is 2. The van der Waals surface area contributed by atoms with Gasteiger partial charge in [-0.25, -0.2) is 9.97 Å². The Hall–Kier alpha value is -2.76. The van der Waals surface area contributed by atoms with Crippen LogP contribution in [0.3, 0.4) is 0 Å². The minimum absolute atomic E-state index is 0.133. The Morgan fingerprint density at radius 2 is 1.55 bits per heavy atom. The first kappa shape index (κ1) is 23.4. The molecule has 3 heterocycles. The highest BCUT2D eigenvalue weighted by Gasteiger charge is 2.30. The molecule has 0 bridgehead atoms. The maximum absolute atomic E-state index is 13.2. The number of hydrogen-bond donors (Lipinski definition) is 0. The van der Waals surface area contributed by atoms with Gasteiger partial charge in [-0.2, -0.15) is 0 Å². The van der Waals surface area contributed by atoms with Crippen LogP contribution < -0.4 is 0 Å². The molecule has 0 radical (unpaired) electrons. The summed E-state index contributed by atoms with van der Waals surface area (Å²) in [5, 5.41) is 0. The third kappa shape index (κ3) is 5.26. The van der Waals surface area contributed by atoms with Crippen LogP contribution in [-0.4, -0.2) is 57.8 Å². The van der Waals surface area contributed by atoms with Crippen molar-refractivity contribution in [3.05, 3.63) is 58.2 Å².